The van der Waals surface area contributed by atoms with Crippen molar-refractivity contribution in [2.75, 3.05) is 20.6 Å². The van der Waals surface area contributed by atoms with Gasteiger partial charge in [-0.2, -0.15) is 0 Å². The first-order chi connectivity index (χ1) is 8.24. The molecule has 1 rings (SSSR count). The molecule has 0 aliphatic carbocycles. The van der Waals surface area contributed by atoms with Crippen molar-refractivity contribution in [1.82, 2.24) is 10.2 Å². The lowest BCUT2D eigenvalue weighted by molar-refractivity contribution is 0.185. The van der Waals surface area contributed by atoms with E-state index >= 15 is 0 Å². The average Bonchev–Trinajstić information content (AvgIpc) is 2.29. The molecule has 0 aliphatic rings. The second-order valence-electron chi connectivity index (χ2n) is 6.15. The van der Waals surface area contributed by atoms with Gasteiger partial charge in [0.15, 0.2) is 0 Å². The summed E-state index contributed by atoms with van der Waals surface area (Å²) in [6.45, 7) is 12.1. The molecule has 18 heavy (non-hydrogen) atoms. The highest BCUT2D eigenvalue weighted by atomic mass is 15.2. The van der Waals surface area contributed by atoms with Crippen molar-refractivity contribution in [3.63, 3.8) is 0 Å². The fourth-order valence-electron chi connectivity index (χ4n) is 1.71. The van der Waals surface area contributed by atoms with Crippen LogP contribution in [0.3, 0.4) is 0 Å². The highest BCUT2D eigenvalue weighted by Gasteiger charge is 2.21. The van der Waals surface area contributed by atoms with Crippen molar-refractivity contribution in [2.24, 2.45) is 0 Å². The molecule has 2 nitrogen and oxygen atoms in total. The molecule has 1 N–H and O–H groups in total. The van der Waals surface area contributed by atoms with Crippen LogP contribution in [0, 0.1) is 13.8 Å². The van der Waals surface area contributed by atoms with Crippen LogP contribution in [0.1, 0.15) is 43.5 Å². The van der Waals surface area contributed by atoms with Gasteiger partial charge in [0.05, 0.1) is 0 Å². The van der Waals surface area contributed by atoms with Crippen LogP contribution in [0.5, 0.6) is 0 Å². The zero-order valence-corrected chi connectivity index (χ0v) is 13.0. The first-order valence-electron chi connectivity index (χ1n) is 6.72. The summed E-state index contributed by atoms with van der Waals surface area (Å²) < 4.78 is 0. The summed E-state index contributed by atoms with van der Waals surface area (Å²) in [4.78, 5) is 2.26. The maximum Gasteiger partial charge on any atom is 0.0292 e. The van der Waals surface area contributed by atoms with E-state index < -0.39 is 0 Å². The van der Waals surface area contributed by atoms with E-state index in [9.17, 15) is 0 Å². The largest absolute Gasteiger partial charge is 0.308 e. The predicted molar refractivity (Wildman–Crippen MR) is 80.1 cm³/mol. The average molecular weight is 248 g/mol. The molecule has 102 valence electrons. The van der Waals surface area contributed by atoms with E-state index in [0.717, 1.165) is 6.54 Å². The molecule has 0 aliphatic heterocycles. The van der Waals surface area contributed by atoms with Crippen LogP contribution in [0.15, 0.2) is 18.2 Å². The molecule has 0 fully saturated rings. The minimum Gasteiger partial charge on any atom is -0.308 e. The normalized spacial score (nSPS) is 14.0. The first-order valence-corrected chi connectivity index (χ1v) is 6.72. The van der Waals surface area contributed by atoms with Crippen molar-refractivity contribution in [2.45, 2.75) is 46.2 Å². The monoisotopic (exact) mass is 248 g/mol. The number of nitrogens with one attached hydrogen (secondary N) is 1. The van der Waals surface area contributed by atoms with Gasteiger partial charge in [0.2, 0.25) is 0 Å². The number of nitrogens with zero attached hydrogens (tertiary/aromatic N) is 1. The lowest BCUT2D eigenvalue weighted by Gasteiger charge is -2.34. The van der Waals surface area contributed by atoms with Gasteiger partial charge >= 0.3 is 0 Å². The van der Waals surface area contributed by atoms with E-state index in [0.29, 0.717) is 6.04 Å². The Labute approximate surface area is 112 Å². The number of rotatable bonds is 5. The molecule has 0 spiro atoms. The molecule has 0 amide bonds. The number of hydrogen-bond donors (Lipinski definition) is 1. The Morgan fingerprint density at radius 1 is 1.17 bits per heavy atom. The van der Waals surface area contributed by atoms with Crippen LogP contribution in [-0.4, -0.2) is 31.1 Å². The molecule has 1 atom stereocenters. The van der Waals surface area contributed by atoms with Gasteiger partial charge in [-0.3, -0.25) is 0 Å². The minimum atomic E-state index is 0.175. The number of hydrogen-bond acceptors (Lipinski definition) is 2. The molecule has 1 aromatic carbocycles. The molecular weight excluding hydrogens is 220 g/mol. The van der Waals surface area contributed by atoms with Gasteiger partial charge in [-0.05, 0) is 65.4 Å². The topological polar surface area (TPSA) is 15.3 Å². The summed E-state index contributed by atoms with van der Waals surface area (Å²) >= 11 is 0. The molecule has 1 unspecified atom stereocenters. The lowest BCUT2D eigenvalue weighted by atomic mass is 10.00. The van der Waals surface area contributed by atoms with Gasteiger partial charge in [-0.1, -0.05) is 18.2 Å². The fraction of sp³-hybridized carbons (Fsp3) is 0.625. The Balaban J connectivity index is 2.66. The van der Waals surface area contributed by atoms with Gasteiger partial charge in [0.25, 0.3) is 0 Å². The number of benzene rings is 1. The molecule has 0 saturated carbocycles. The van der Waals surface area contributed by atoms with Crippen molar-refractivity contribution < 1.29 is 0 Å². The van der Waals surface area contributed by atoms with E-state index in [2.05, 4.69) is 77.1 Å². The molecule has 0 saturated heterocycles. The minimum absolute atomic E-state index is 0.175. The summed E-state index contributed by atoms with van der Waals surface area (Å²) in [5.41, 5.74) is 4.27. The highest BCUT2D eigenvalue weighted by Crippen LogP contribution is 2.18. The van der Waals surface area contributed by atoms with Crippen LogP contribution in [0.4, 0.5) is 0 Å². The Morgan fingerprint density at radius 2 is 1.78 bits per heavy atom. The molecule has 0 radical (unpaired) electrons. The maximum absolute atomic E-state index is 3.63. The summed E-state index contributed by atoms with van der Waals surface area (Å²) in [6, 6.07) is 7.11. The second kappa shape index (κ2) is 5.85. The molecule has 0 bridgehead atoms. The van der Waals surface area contributed by atoms with E-state index in [1.165, 1.54) is 16.7 Å². The molecule has 0 heterocycles. The second-order valence-corrected chi connectivity index (χ2v) is 6.15. The van der Waals surface area contributed by atoms with Gasteiger partial charge in [-0.15, -0.1) is 0 Å². The summed E-state index contributed by atoms with van der Waals surface area (Å²) in [5.74, 6) is 0. The summed E-state index contributed by atoms with van der Waals surface area (Å²) in [6.07, 6.45) is 0. The SMILES string of the molecule is Cc1ccc(C(C)NCC(C)(C)N(C)C)cc1C. The van der Waals surface area contributed by atoms with E-state index in [1.807, 2.05) is 0 Å². The molecule has 1 aromatic rings. The van der Waals surface area contributed by atoms with E-state index in [1.54, 1.807) is 0 Å². The van der Waals surface area contributed by atoms with Crippen LogP contribution < -0.4 is 5.32 Å². The van der Waals surface area contributed by atoms with Crippen molar-refractivity contribution in [3.05, 3.63) is 34.9 Å². The Hall–Kier alpha value is -0.860. The zero-order valence-electron chi connectivity index (χ0n) is 13.0. The highest BCUT2D eigenvalue weighted by molar-refractivity contribution is 5.31. The van der Waals surface area contributed by atoms with Crippen LogP contribution in [0.25, 0.3) is 0 Å². The van der Waals surface area contributed by atoms with E-state index in [4.69, 9.17) is 0 Å². The Bertz CT molecular complexity index is 394. The number of likely N-dealkylation sites (N-methyl/N-ethyl adjacent to an activating group) is 1. The summed E-state index contributed by atoms with van der Waals surface area (Å²) in [7, 11) is 4.25. The fourth-order valence-corrected chi connectivity index (χ4v) is 1.71. The summed E-state index contributed by atoms with van der Waals surface area (Å²) in [5, 5.41) is 3.63. The molecule has 0 aromatic heterocycles. The van der Waals surface area contributed by atoms with Gasteiger partial charge in [0.1, 0.15) is 0 Å². The molecular formula is C16H28N2. The van der Waals surface area contributed by atoms with E-state index in [-0.39, 0.29) is 5.54 Å². The first kappa shape index (κ1) is 15.2. The quantitative estimate of drug-likeness (QED) is 0.860. The third-order valence-corrected chi connectivity index (χ3v) is 4.08. The maximum atomic E-state index is 3.63. The smallest absolute Gasteiger partial charge is 0.0292 e. The standard InChI is InChI=1S/C16H28N2/c1-12-8-9-15(10-13(12)2)14(3)17-11-16(4,5)18(6)7/h8-10,14,17H,11H2,1-7H3. The lowest BCUT2D eigenvalue weighted by Crippen LogP contribution is -2.47. The van der Waals surface area contributed by atoms with Crippen LogP contribution in [0.2, 0.25) is 0 Å². The van der Waals surface area contributed by atoms with Crippen molar-refractivity contribution in [1.29, 1.82) is 0 Å². The van der Waals surface area contributed by atoms with Crippen LogP contribution in [-0.2, 0) is 0 Å². The zero-order chi connectivity index (χ0) is 13.9. The molecule has 2 heteroatoms. The van der Waals surface area contributed by atoms with Gasteiger partial charge in [0, 0.05) is 18.1 Å². The Kier molecular flexibility index (Phi) is 4.94. The predicted octanol–water partition coefficient (Wildman–Crippen LogP) is 3.29. The van der Waals surface area contributed by atoms with Crippen molar-refractivity contribution in [3.8, 4) is 0 Å². The van der Waals surface area contributed by atoms with Gasteiger partial charge < -0.3 is 10.2 Å². The Morgan fingerprint density at radius 3 is 2.28 bits per heavy atom. The number of aryl methyl sites for hydroxylation is 2. The third kappa shape index (κ3) is 3.82. The van der Waals surface area contributed by atoms with Crippen molar-refractivity contribution >= 4 is 0 Å². The van der Waals surface area contributed by atoms with Crippen LogP contribution >= 0.6 is 0 Å². The third-order valence-electron chi connectivity index (χ3n) is 4.08. The van der Waals surface area contributed by atoms with Gasteiger partial charge in [-0.25, -0.2) is 0 Å².